The van der Waals surface area contributed by atoms with E-state index < -0.39 is 6.04 Å². The van der Waals surface area contributed by atoms with Crippen LogP contribution in [0.4, 0.5) is 0 Å². The molecule has 0 heterocycles. The Morgan fingerprint density at radius 2 is 1.82 bits per heavy atom. The molecule has 0 saturated carbocycles. The maximum Gasteiger partial charge on any atom is 0.239 e. The Labute approximate surface area is 104 Å². The zero-order valence-corrected chi connectivity index (χ0v) is 11.5. The standard InChI is InChI=1S/C12H25N3O2/c1-6-8(2)10(13)11(17)14-7-9(16)15-12(3,4)5/h8,10H,6-7,13H2,1-5H3,(H,14,17)(H,15,16). The molecule has 0 aliphatic rings. The van der Waals surface area contributed by atoms with Crippen molar-refractivity contribution in [1.29, 1.82) is 0 Å². The predicted octanol–water partition coefficient (Wildman–Crippen LogP) is 0.391. The minimum atomic E-state index is -0.553. The van der Waals surface area contributed by atoms with E-state index in [1.165, 1.54) is 0 Å². The zero-order valence-electron chi connectivity index (χ0n) is 11.5. The van der Waals surface area contributed by atoms with Crippen LogP contribution in [0.2, 0.25) is 0 Å². The Morgan fingerprint density at radius 3 is 2.24 bits per heavy atom. The van der Waals surface area contributed by atoms with Crippen LogP contribution in [-0.4, -0.2) is 29.9 Å². The molecular formula is C12H25N3O2. The van der Waals surface area contributed by atoms with Gasteiger partial charge in [0.1, 0.15) is 0 Å². The molecule has 2 amide bonds. The number of carbonyl (C=O) groups excluding carboxylic acids is 2. The maximum atomic E-state index is 11.6. The topological polar surface area (TPSA) is 84.2 Å². The molecule has 0 saturated heterocycles. The summed E-state index contributed by atoms with van der Waals surface area (Å²) in [7, 11) is 0. The van der Waals surface area contributed by atoms with Crippen molar-refractivity contribution < 1.29 is 9.59 Å². The fourth-order valence-corrected chi connectivity index (χ4v) is 1.26. The summed E-state index contributed by atoms with van der Waals surface area (Å²) in [4.78, 5) is 23.1. The highest BCUT2D eigenvalue weighted by Gasteiger charge is 2.20. The Bertz CT molecular complexity index is 271. The van der Waals surface area contributed by atoms with Crippen molar-refractivity contribution in [2.45, 2.75) is 52.6 Å². The van der Waals surface area contributed by atoms with Gasteiger partial charge in [0, 0.05) is 5.54 Å². The molecule has 5 nitrogen and oxygen atoms in total. The van der Waals surface area contributed by atoms with Crippen molar-refractivity contribution >= 4 is 11.8 Å². The first kappa shape index (κ1) is 15.9. The first-order valence-corrected chi connectivity index (χ1v) is 6.01. The van der Waals surface area contributed by atoms with Crippen LogP contribution >= 0.6 is 0 Å². The average Bonchev–Trinajstić information content (AvgIpc) is 2.21. The van der Waals surface area contributed by atoms with Crippen LogP contribution < -0.4 is 16.4 Å². The second kappa shape index (κ2) is 6.59. The van der Waals surface area contributed by atoms with Crippen molar-refractivity contribution in [3.8, 4) is 0 Å². The number of nitrogens with one attached hydrogen (secondary N) is 2. The van der Waals surface area contributed by atoms with Crippen LogP contribution in [0.3, 0.4) is 0 Å². The monoisotopic (exact) mass is 243 g/mol. The number of hydrogen-bond donors (Lipinski definition) is 3. The van der Waals surface area contributed by atoms with Gasteiger partial charge in [0.05, 0.1) is 12.6 Å². The summed E-state index contributed by atoms with van der Waals surface area (Å²) in [6.45, 7) is 9.52. The summed E-state index contributed by atoms with van der Waals surface area (Å²) in [6, 6.07) is -0.553. The van der Waals surface area contributed by atoms with Gasteiger partial charge in [0.2, 0.25) is 11.8 Å². The molecule has 0 fully saturated rings. The maximum absolute atomic E-state index is 11.6. The first-order valence-electron chi connectivity index (χ1n) is 6.01. The Morgan fingerprint density at radius 1 is 1.29 bits per heavy atom. The number of rotatable bonds is 5. The minimum Gasteiger partial charge on any atom is -0.350 e. The van der Waals surface area contributed by atoms with Crippen molar-refractivity contribution in [1.82, 2.24) is 10.6 Å². The molecule has 0 aliphatic carbocycles. The molecule has 17 heavy (non-hydrogen) atoms. The second-order valence-electron chi connectivity index (χ2n) is 5.43. The minimum absolute atomic E-state index is 0.0275. The lowest BCUT2D eigenvalue weighted by molar-refractivity contribution is -0.128. The van der Waals surface area contributed by atoms with Gasteiger partial charge in [0.25, 0.3) is 0 Å². The van der Waals surface area contributed by atoms with E-state index in [0.29, 0.717) is 0 Å². The van der Waals surface area contributed by atoms with Crippen LogP contribution in [0.15, 0.2) is 0 Å². The van der Waals surface area contributed by atoms with E-state index in [-0.39, 0.29) is 29.8 Å². The quantitative estimate of drug-likeness (QED) is 0.653. The van der Waals surface area contributed by atoms with Crippen LogP contribution in [0, 0.1) is 5.92 Å². The summed E-state index contributed by atoms with van der Waals surface area (Å²) in [6.07, 6.45) is 0.836. The van der Waals surface area contributed by atoms with Gasteiger partial charge in [-0.25, -0.2) is 0 Å². The van der Waals surface area contributed by atoms with Crippen LogP contribution in [0.1, 0.15) is 41.0 Å². The lowest BCUT2D eigenvalue weighted by atomic mass is 9.99. The fraction of sp³-hybridized carbons (Fsp3) is 0.833. The molecule has 0 bridgehead atoms. The lowest BCUT2D eigenvalue weighted by Crippen LogP contribution is -2.50. The molecular weight excluding hydrogens is 218 g/mol. The predicted molar refractivity (Wildman–Crippen MR) is 68.3 cm³/mol. The molecule has 0 radical (unpaired) electrons. The van der Waals surface area contributed by atoms with Gasteiger partial charge in [-0.15, -0.1) is 0 Å². The molecule has 0 aromatic carbocycles. The van der Waals surface area contributed by atoms with Gasteiger partial charge in [-0.1, -0.05) is 20.3 Å². The van der Waals surface area contributed by atoms with E-state index in [9.17, 15) is 9.59 Å². The van der Waals surface area contributed by atoms with E-state index in [2.05, 4.69) is 10.6 Å². The fourth-order valence-electron chi connectivity index (χ4n) is 1.26. The third kappa shape index (κ3) is 6.94. The molecule has 0 aromatic rings. The average molecular weight is 243 g/mol. The molecule has 4 N–H and O–H groups in total. The van der Waals surface area contributed by atoms with Gasteiger partial charge in [0.15, 0.2) is 0 Å². The van der Waals surface area contributed by atoms with Crippen molar-refractivity contribution in [3.05, 3.63) is 0 Å². The van der Waals surface area contributed by atoms with Gasteiger partial charge in [-0.05, 0) is 26.7 Å². The summed E-state index contributed by atoms with van der Waals surface area (Å²) in [5.74, 6) is -0.369. The lowest BCUT2D eigenvalue weighted by Gasteiger charge is -2.21. The van der Waals surface area contributed by atoms with E-state index in [4.69, 9.17) is 5.73 Å². The number of hydrogen-bond acceptors (Lipinski definition) is 3. The molecule has 0 rings (SSSR count). The largest absolute Gasteiger partial charge is 0.350 e. The summed E-state index contributed by atoms with van der Waals surface area (Å²) in [5, 5.41) is 5.31. The Kier molecular flexibility index (Phi) is 6.16. The van der Waals surface area contributed by atoms with Gasteiger partial charge >= 0.3 is 0 Å². The molecule has 0 spiro atoms. The van der Waals surface area contributed by atoms with Crippen molar-refractivity contribution in [2.75, 3.05) is 6.54 Å². The first-order chi connectivity index (χ1) is 7.67. The molecule has 100 valence electrons. The molecule has 0 aromatic heterocycles. The summed E-state index contributed by atoms with van der Waals surface area (Å²) < 4.78 is 0. The number of amides is 2. The molecule has 0 aliphatic heterocycles. The highest BCUT2D eigenvalue weighted by Crippen LogP contribution is 2.04. The van der Waals surface area contributed by atoms with Gasteiger partial charge in [-0.2, -0.15) is 0 Å². The normalized spacial score (nSPS) is 14.9. The van der Waals surface area contributed by atoms with Gasteiger partial charge < -0.3 is 16.4 Å². The summed E-state index contributed by atoms with van der Waals surface area (Å²) in [5.41, 5.74) is 5.45. The van der Waals surface area contributed by atoms with E-state index in [1.54, 1.807) is 0 Å². The molecule has 5 heteroatoms. The third-order valence-corrected chi connectivity index (χ3v) is 2.50. The van der Waals surface area contributed by atoms with Crippen LogP contribution in [0.5, 0.6) is 0 Å². The number of nitrogens with two attached hydrogens (primary N) is 1. The van der Waals surface area contributed by atoms with Gasteiger partial charge in [-0.3, -0.25) is 9.59 Å². The van der Waals surface area contributed by atoms with E-state index in [0.717, 1.165) is 6.42 Å². The Hall–Kier alpha value is -1.10. The van der Waals surface area contributed by atoms with Crippen LogP contribution in [-0.2, 0) is 9.59 Å². The molecule has 2 unspecified atom stereocenters. The van der Waals surface area contributed by atoms with E-state index in [1.807, 2.05) is 34.6 Å². The summed E-state index contributed by atoms with van der Waals surface area (Å²) >= 11 is 0. The zero-order chi connectivity index (χ0) is 13.6. The van der Waals surface area contributed by atoms with E-state index >= 15 is 0 Å². The second-order valence-corrected chi connectivity index (χ2v) is 5.43. The smallest absolute Gasteiger partial charge is 0.239 e. The SMILES string of the molecule is CCC(C)C(N)C(=O)NCC(=O)NC(C)(C)C. The number of carbonyl (C=O) groups is 2. The highest BCUT2D eigenvalue weighted by atomic mass is 16.2. The third-order valence-electron chi connectivity index (χ3n) is 2.50. The Balaban J connectivity index is 4.04. The van der Waals surface area contributed by atoms with Crippen LogP contribution in [0.25, 0.3) is 0 Å². The van der Waals surface area contributed by atoms with Crippen molar-refractivity contribution in [3.63, 3.8) is 0 Å². The van der Waals surface area contributed by atoms with Crippen molar-refractivity contribution in [2.24, 2.45) is 11.7 Å². The highest BCUT2D eigenvalue weighted by molar-refractivity contribution is 5.87. The molecule has 2 atom stereocenters.